The number of β-amino-alcohol motifs (C(OH)–C–C–N with tert-alkyl or cyclic N) is 1. The summed E-state index contributed by atoms with van der Waals surface area (Å²) in [5.74, 6) is 0.776. The summed E-state index contributed by atoms with van der Waals surface area (Å²) in [5, 5.41) is 10.3. The highest BCUT2D eigenvalue weighted by molar-refractivity contribution is 5.49. The molecule has 0 aliphatic carbocycles. The van der Waals surface area contributed by atoms with Crippen LogP contribution in [0.3, 0.4) is 0 Å². The molecule has 1 unspecified atom stereocenters. The number of rotatable bonds is 6. The molecule has 1 N–H and O–H groups in total. The maximum Gasteiger partial charge on any atom is 0.416 e. The van der Waals surface area contributed by atoms with Crippen LogP contribution < -0.4 is 9.64 Å². The minimum Gasteiger partial charge on any atom is -0.491 e. The zero-order valence-corrected chi connectivity index (χ0v) is 16.7. The van der Waals surface area contributed by atoms with Gasteiger partial charge in [0.2, 0.25) is 0 Å². The summed E-state index contributed by atoms with van der Waals surface area (Å²) in [6, 6.07) is 11.4. The van der Waals surface area contributed by atoms with Crippen LogP contribution >= 0.6 is 0 Å². The van der Waals surface area contributed by atoms with Crippen LogP contribution in [-0.2, 0) is 6.18 Å². The van der Waals surface area contributed by atoms with Crippen LogP contribution in [0.25, 0.3) is 0 Å². The van der Waals surface area contributed by atoms with E-state index < -0.39 is 17.8 Å². The lowest BCUT2D eigenvalue weighted by molar-refractivity contribution is -0.137. The molecule has 4 nitrogen and oxygen atoms in total. The lowest BCUT2D eigenvalue weighted by atomic mass is 10.1. The van der Waals surface area contributed by atoms with E-state index in [9.17, 15) is 18.3 Å². The molecule has 0 aromatic heterocycles. The van der Waals surface area contributed by atoms with Crippen molar-refractivity contribution >= 4 is 5.69 Å². The summed E-state index contributed by atoms with van der Waals surface area (Å²) >= 11 is 0. The van der Waals surface area contributed by atoms with E-state index in [0.717, 1.165) is 22.9 Å². The van der Waals surface area contributed by atoms with Gasteiger partial charge < -0.3 is 14.7 Å². The quantitative estimate of drug-likeness (QED) is 0.787. The van der Waals surface area contributed by atoms with Crippen molar-refractivity contribution in [2.45, 2.75) is 26.1 Å². The first-order valence-corrected chi connectivity index (χ1v) is 9.75. The largest absolute Gasteiger partial charge is 0.491 e. The van der Waals surface area contributed by atoms with Crippen molar-refractivity contribution in [2.75, 3.05) is 44.2 Å². The molecule has 0 radical (unpaired) electrons. The second-order valence-electron chi connectivity index (χ2n) is 7.57. The van der Waals surface area contributed by atoms with E-state index in [1.165, 1.54) is 12.1 Å². The fourth-order valence-corrected chi connectivity index (χ4v) is 3.47. The summed E-state index contributed by atoms with van der Waals surface area (Å²) in [4.78, 5) is 4.06. The Labute approximate surface area is 169 Å². The Morgan fingerprint density at radius 2 is 1.76 bits per heavy atom. The summed E-state index contributed by atoms with van der Waals surface area (Å²) in [6.07, 6.45) is -4.97. The van der Waals surface area contributed by atoms with E-state index >= 15 is 0 Å². The topological polar surface area (TPSA) is 35.9 Å². The predicted molar refractivity (Wildman–Crippen MR) is 108 cm³/mol. The fourth-order valence-electron chi connectivity index (χ4n) is 3.47. The standard InChI is InChI=1S/C22H27F3N2O2/c1-16-6-7-17(2)21(12-16)29-15-20(28)14-26-8-10-27(11-9-26)19-5-3-4-18(13-19)22(23,24)25/h3-7,12-13,20,28H,8-11,14-15H2,1-2H3. The molecular weight excluding hydrogens is 381 g/mol. The van der Waals surface area contributed by atoms with Crippen molar-refractivity contribution in [1.29, 1.82) is 0 Å². The van der Waals surface area contributed by atoms with Gasteiger partial charge >= 0.3 is 6.18 Å². The smallest absolute Gasteiger partial charge is 0.416 e. The maximum absolute atomic E-state index is 12.9. The van der Waals surface area contributed by atoms with Gasteiger partial charge in [-0.15, -0.1) is 0 Å². The normalized spacial score (nSPS) is 16.7. The van der Waals surface area contributed by atoms with Crippen LogP contribution in [0.4, 0.5) is 18.9 Å². The average Bonchev–Trinajstić information content (AvgIpc) is 2.69. The number of hydrogen-bond donors (Lipinski definition) is 1. The zero-order valence-electron chi connectivity index (χ0n) is 16.7. The zero-order chi connectivity index (χ0) is 21.0. The molecule has 0 bridgehead atoms. The Kier molecular flexibility index (Phi) is 6.70. The summed E-state index contributed by atoms with van der Waals surface area (Å²) in [7, 11) is 0. The summed E-state index contributed by atoms with van der Waals surface area (Å²) < 4.78 is 44.5. The fraction of sp³-hybridized carbons (Fsp3) is 0.455. The van der Waals surface area contributed by atoms with Crippen molar-refractivity contribution in [3.8, 4) is 5.75 Å². The van der Waals surface area contributed by atoms with Crippen molar-refractivity contribution in [2.24, 2.45) is 0 Å². The van der Waals surface area contributed by atoms with Crippen LogP contribution in [-0.4, -0.2) is 55.4 Å². The number of ether oxygens (including phenoxy) is 1. The van der Waals surface area contributed by atoms with Gasteiger partial charge in [0.15, 0.2) is 0 Å². The minimum atomic E-state index is -4.34. The molecule has 0 saturated carbocycles. The number of nitrogens with zero attached hydrogens (tertiary/aromatic N) is 2. The van der Waals surface area contributed by atoms with E-state index in [0.29, 0.717) is 38.4 Å². The van der Waals surface area contributed by atoms with E-state index in [1.807, 2.05) is 36.9 Å². The second kappa shape index (κ2) is 9.05. The molecule has 1 heterocycles. The first kappa shape index (κ1) is 21.5. The Balaban J connectivity index is 1.48. The van der Waals surface area contributed by atoms with E-state index in [-0.39, 0.29) is 6.61 Å². The lowest BCUT2D eigenvalue weighted by Crippen LogP contribution is -2.49. The highest BCUT2D eigenvalue weighted by atomic mass is 19.4. The van der Waals surface area contributed by atoms with Gasteiger partial charge in [-0.05, 0) is 49.2 Å². The van der Waals surface area contributed by atoms with E-state index in [2.05, 4.69) is 4.90 Å². The Hall–Kier alpha value is -2.25. The van der Waals surface area contributed by atoms with E-state index in [1.54, 1.807) is 6.07 Å². The number of anilines is 1. The Bertz CT molecular complexity index is 818. The van der Waals surface area contributed by atoms with Crippen LogP contribution in [0.1, 0.15) is 16.7 Å². The molecule has 2 aromatic rings. The number of benzene rings is 2. The van der Waals surface area contributed by atoms with Gasteiger partial charge in [-0.1, -0.05) is 18.2 Å². The van der Waals surface area contributed by atoms with Gasteiger partial charge in [0.05, 0.1) is 5.56 Å². The predicted octanol–water partition coefficient (Wildman–Crippen LogP) is 3.88. The molecule has 2 aromatic carbocycles. The SMILES string of the molecule is Cc1ccc(C)c(OCC(O)CN2CCN(c3cccc(C(F)(F)F)c3)CC2)c1. The van der Waals surface area contributed by atoms with Gasteiger partial charge in [0.1, 0.15) is 18.5 Å². The second-order valence-corrected chi connectivity index (χ2v) is 7.57. The lowest BCUT2D eigenvalue weighted by Gasteiger charge is -2.37. The Morgan fingerprint density at radius 3 is 2.45 bits per heavy atom. The van der Waals surface area contributed by atoms with Crippen molar-refractivity contribution in [3.05, 3.63) is 59.2 Å². The third kappa shape index (κ3) is 5.87. The van der Waals surface area contributed by atoms with Gasteiger partial charge in [0, 0.05) is 38.4 Å². The number of alkyl halides is 3. The monoisotopic (exact) mass is 408 g/mol. The number of halogens is 3. The molecule has 3 rings (SSSR count). The Morgan fingerprint density at radius 1 is 1.03 bits per heavy atom. The van der Waals surface area contributed by atoms with Gasteiger partial charge in [-0.3, -0.25) is 4.90 Å². The van der Waals surface area contributed by atoms with Gasteiger partial charge in [0.25, 0.3) is 0 Å². The van der Waals surface area contributed by atoms with Crippen LogP contribution in [0.5, 0.6) is 5.75 Å². The molecule has 29 heavy (non-hydrogen) atoms. The summed E-state index contributed by atoms with van der Waals surface area (Å²) in [6.45, 7) is 7.23. The van der Waals surface area contributed by atoms with Crippen LogP contribution in [0.2, 0.25) is 0 Å². The molecule has 1 aliphatic rings. The van der Waals surface area contributed by atoms with Gasteiger partial charge in [-0.2, -0.15) is 13.2 Å². The minimum absolute atomic E-state index is 0.206. The number of aryl methyl sites for hydroxylation is 2. The van der Waals surface area contributed by atoms with Crippen LogP contribution in [0.15, 0.2) is 42.5 Å². The third-order valence-corrected chi connectivity index (χ3v) is 5.15. The molecular formula is C22H27F3N2O2. The average molecular weight is 408 g/mol. The molecule has 7 heteroatoms. The van der Waals surface area contributed by atoms with Crippen molar-refractivity contribution < 1.29 is 23.0 Å². The molecule has 158 valence electrons. The molecule has 0 spiro atoms. The van der Waals surface area contributed by atoms with Crippen molar-refractivity contribution in [3.63, 3.8) is 0 Å². The number of aliphatic hydroxyl groups excluding tert-OH is 1. The molecule has 1 saturated heterocycles. The molecule has 0 amide bonds. The number of hydrogen-bond acceptors (Lipinski definition) is 4. The highest BCUT2D eigenvalue weighted by Gasteiger charge is 2.31. The molecule has 1 fully saturated rings. The van der Waals surface area contributed by atoms with Crippen molar-refractivity contribution in [1.82, 2.24) is 4.90 Å². The number of aliphatic hydroxyl groups is 1. The molecule has 1 aliphatic heterocycles. The van der Waals surface area contributed by atoms with E-state index in [4.69, 9.17) is 4.74 Å². The summed E-state index contributed by atoms with van der Waals surface area (Å²) in [5.41, 5.74) is 2.08. The van der Waals surface area contributed by atoms with Gasteiger partial charge in [-0.25, -0.2) is 0 Å². The molecule has 1 atom stereocenters. The maximum atomic E-state index is 12.9. The first-order valence-electron chi connectivity index (χ1n) is 9.75. The highest BCUT2D eigenvalue weighted by Crippen LogP contribution is 2.31. The van der Waals surface area contributed by atoms with Crippen LogP contribution in [0, 0.1) is 13.8 Å². The number of piperazine rings is 1. The first-order chi connectivity index (χ1) is 13.7. The third-order valence-electron chi connectivity index (χ3n) is 5.15.